The third kappa shape index (κ3) is 6.11. The van der Waals surface area contributed by atoms with Crippen molar-refractivity contribution in [2.75, 3.05) is 18.2 Å². The van der Waals surface area contributed by atoms with E-state index in [1.807, 2.05) is 53.1 Å². The Bertz CT molecular complexity index is 1020. The SMILES string of the molecule is C=CCn1c(COc2ccccc2OC)nnc1SCC(=O)Nc1ccc(CC)cc1. The van der Waals surface area contributed by atoms with E-state index in [0.29, 0.717) is 29.0 Å². The molecule has 2 aromatic carbocycles. The summed E-state index contributed by atoms with van der Waals surface area (Å²) in [4.78, 5) is 12.3. The quantitative estimate of drug-likeness (QED) is 0.354. The number of methoxy groups -OCH3 is 1. The first kappa shape index (κ1) is 22.4. The lowest BCUT2D eigenvalue weighted by Gasteiger charge is -2.11. The number of nitrogens with zero attached hydrogens (tertiary/aromatic N) is 3. The van der Waals surface area contributed by atoms with Gasteiger partial charge in [0.2, 0.25) is 5.91 Å². The van der Waals surface area contributed by atoms with Gasteiger partial charge < -0.3 is 14.8 Å². The number of amides is 1. The molecule has 162 valence electrons. The van der Waals surface area contributed by atoms with Gasteiger partial charge in [-0.1, -0.05) is 49.0 Å². The van der Waals surface area contributed by atoms with Crippen molar-refractivity contribution in [1.82, 2.24) is 14.8 Å². The Labute approximate surface area is 186 Å². The van der Waals surface area contributed by atoms with Crippen LogP contribution in [0.2, 0.25) is 0 Å². The molecule has 0 saturated heterocycles. The number of nitrogens with one attached hydrogen (secondary N) is 1. The molecule has 3 rings (SSSR count). The summed E-state index contributed by atoms with van der Waals surface area (Å²) in [5.41, 5.74) is 2.01. The third-order valence-corrected chi connectivity index (χ3v) is 5.48. The first-order valence-electron chi connectivity index (χ1n) is 9.95. The van der Waals surface area contributed by atoms with Gasteiger partial charge in [0.15, 0.2) is 22.5 Å². The molecule has 0 saturated carbocycles. The van der Waals surface area contributed by atoms with E-state index in [1.54, 1.807) is 13.2 Å². The minimum Gasteiger partial charge on any atom is -0.493 e. The van der Waals surface area contributed by atoms with Gasteiger partial charge in [0.05, 0.1) is 12.9 Å². The number of thioether (sulfide) groups is 1. The second-order valence-electron chi connectivity index (χ2n) is 6.62. The molecule has 0 fully saturated rings. The van der Waals surface area contributed by atoms with Crippen LogP contribution >= 0.6 is 11.8 Å². The fourth-order valence-corrected chi connectivity index (χ4v) is 3.64. The summed E-state index contributed by atoms with van der Waals surface area (Å²) in [6.07, 6.45) is 2.72. The third-order valence-electron chi connectivity index (χ3n) is 4.51. The Morgan fingerprint density at radius 3 is 2.58 bits per heavy atom. The second-order valence-corrected chi connectivity index (χ2v) is 7.57. The van der Waals surface area contributed by atoms with E-state index in [2.05, 4.69) is 29.0 Å². The molecule has 0 aliphatic rings. The van der Waals surface area contributed by atoms with Crippen LogP contribution in [0.4, 0.5) is 5.69 Å². The fraction of sp³-hybridized carbons (Fsp3) is 0.261. The van der Waals surface area contributed by atoms with Crippen LogP contribution < -0.4 is 14.8 Å². The van der Waals surface area contributed by atoms with Crippen molar-refractivity contribution in [1.29, 1.82) is 0 Å². The maximum atomic E-state index is 12.3. The van der Waals surface area contributed by atoms with Gasteiger partial charge in [0, 0.05) is 12.2 Å². The van der Waals surface area contributed by atoms with E-state index in [4.69, 9.17) is 9.47 Å². The molecule has 0 bridgehead atoms. The molecule has 0 atom stereocenters. The zero-order valence-electron chi connectivity index (χ0n) is 17.7. The van der Waals surface area contributed by atoms with Crippen molar-refractivity contribution < 1.29 is 14.3 Å². The van der Waals surface area contributed by atoms with Crippen molar-refractivity contribution in [3.63, 3.8) is 0 Å². The number of anilines is 1. The molecule has 7 nitrogen and oxygen atoms in total. The molecular weight excluding hydrogens is 412 g/mol. The van der Waals surface area contributed by atoms with E-state index >= 15 is 0 Å². The predicted molar refractivity (Wildman–Crippen MR) is 123 cm³/mol. The van der Waals surface area contributed by atoms with Crippen molar-refractivity contribution in [3.05, 3.63) is 72.6 Å². The van der Waals surface area contributed by atoms with Gasteiger partial charge in [-0.25, -0.2) is 0 Å². The minimum atomic E-state index is -0.103. The maximum absolute atomic E-state index is 12.3. The van der Waals surface area contributed by atoms with Gasteiger partial charge >= 0.3 is 0 Å². The summed E-state index contributed by atoms with van der Waals surface area (Å²) in [6, 6.07) is 15.3. The van der Waals surface area contributed by atoms with Crippen LogP contribution in [-0.4, -0.2) is 33.5 Å². The predicted octanol–water partition coefficient (Wildman–Crippen LogP) is 4.34. The first-order chi connectivity index (χ1) is 15.1. The van der Waals surface area contributed by atoms with Gasteiger partial charge in [0.25, 0.3) is 0 Å². The molecule has 0 radical (unpaired) electrons. The average Bonchev–Trinajstić information content (AvgIpc) is 3.18. The Morgan fingerprint density at radius 2 is 1.90 bits per heavy atom. The molecule has 1 aromatic heterocycles. The Kier molecular flexibility index (Phi) is 8.12. The molecule has 1 amide bonds. The van der Waals surface area contributed by atoms with Gasteiger partial charge in [-0.15, -0.1) is 16.8 Å². The van der Waals surface area contributed by atoms with E-state index in [-0.39, 0.29) is 18.3 Å². The number of allylic oxidation sites excluding steroid dienone is 1. The van der Waals surface area contributed by atoms with Gasteiger partial charge in [-0.05, 0) is 36.2 Å². The number of carbonyl (C=O) groups excluding carboxylic acids is 1. The number of hydrogen-bond donors (Lipinski definition) is 1. The Morgan fingerprint density at radius 1 is 1.16 bits per heavy atom. The van der Waals surface area contributed by atoms with Crippen LogP contribution in [-0.2, 0) is 24.4 Å². The number of ether oxygens (including phenoxy) is 2. The standard InChI is InChI=1S/C23H26N4O3S/c1-4-14-27-21(15-30-20-9-7-6-8-19(20)29-3)25-26-23(27)31-16-22(28)24-18-12-10-17(5-2)11-13-18/h4,6-13H,1,5,14-16H2,2-3H3,(H,24,28). The van der Waals surface area contributed by atoms with Crippen LogP contribution in [0.3, 0.4) is 0 Å². The van der Waals surface area contributed by atoms with E-state index in [1.165, 1.54) is 17.3 Å². The number of aromatic nitrogens is 3. The molecule has 0 aliphatic heterocycles. The molecule has 31 heavy (non-hydrogen) atoms. The summed E-state index contributed by atoms with van der Waals surface area (Å²) in [5.74, 6) is 2.03. The van der Waals surface area contributed by atoms with Crippen LogP contribution in [0.5, 0.6) is 11.5 Å². The normalized spacial score (nSPS) is 10.5. The monoisotopic (exact) mass is 438 g/mol. The largest absolute Gasteiger partial charge is 0.493 e. The number of para-hydroxylation sites is 2. The van der Waals surface area contributed by atoms with E-state index in [0.717, 1.165) is 12.1 Å². The van der Waals surface area contributed by atoms with Gasteiger partial charge in [-0.3, -0.25) is 9.36 Å². The lowest BCUT2D eigenvalue weighted by atomic mass is 10.1. The fourth-order valence-electron chi connectivity index (χ4n) is 2.88. The summed E-state index contributed by atoms with van der Waals surface area (Å²) < 4.78 is 13.1. The Hall–Kier alpha value is -3.26. The highest BCUT2D eigenvalue weighted by Crippen LogP contribution is 2.27. The number of carbonyl (C=O) groups is 1. The first-order valence-corrected chi connectivity index (χ1v) is 10.9. The molecule has 0 unspecified atom stereocenters. The molecule has 3 aromatic rings. The summed E-state index contributed by atoms with van der Waals surface area (Å²) >= 11 is 1.32. The highest BCUT2D eigenvalue weighted by atomic mass is 32.2. The van der Waals surface area contributed by atoms with Gasteiger partial charge in [-0.2, -0.15) is 0 Å². The van der Waals surface area contributed by atoms with Crippen LogP contribution in [0, 0.1) is 0 Å². The summed E-state index contributed by atoms with van der Waals surface area (Å²) in [5, 5.41) is 12.0. The van der Waals surface area contributed by atoms with Crippen molar-refractivity contribution in [2.24, 2.45) is 0 Å². The summed E-state index contributed by atoms with van der Waals surface area (Å²) in [6.45, 7) is 6.63. The number of rotatable bonds is 11. The minimum absolute atomic E-state index is 0.103. The topological polar surface area (TPSA) is 78.3 Å². The van der Waals surface area contributed by atoms with Crippen LogP contribution in [0.25, 0.3) is 0 Å². The molecule has 0 spiro atoms. The van der Waals surface area contributed by atoms with Crippen molar-refractivity contribution in [2.45, 2.75) is 31.7 Å². The van der Waals surface area contributed by atoms with Crippen LogP contribution in [0.1, 0.15) is 18.3 Å². The zero-order chi connectivity index (χ0) is 22.1. The molecule has 1 N–H and O–H groups in total. The smallest absolute Gasteiger partial charge is 0.234 e. The maximum Gasteiger partial charge on any atom is 0.234 e. The summed E-state index contributed by atoms with van der Waals surface area (Å²) in [7, 11) is 1.60. The van der Waals surface area contributed by atoms with Crippen molar-refractivity contribution in [3.8, 4) is 11.5 Å². The average molecular weight is 439 g/mol. The molecule has 1 heterocycles. The number of aryl methyl sites for hydroxylation is 1. The van der Waals surface area contributed by atoms with Gasteiger partial charge in [0.1, 0.15) is 6.61 Å². The van der Waals surface area contributed by atoms with E-state index < -0.39 is 0 Å². The van der Waals surface area contributed by atoms with Crippen LogP contribution in [0.15, 0.2) is 66.3 Å². The lowest BCUT2D eigenvalue weighted by molar-refractivity contribution is -0.113. The highest BCUT2D eigenvalue weighted by Gasteiger charge is 2.15. The Balaban J connectivity index is 1.61. The highest BCUT2D eigenvalue weighted by molar-refractivity contribution is 7.99. The number of hydrogen-bond acceptors (Lipinski definition) is 6. The van der Waals surface area contributed by atoms with Crippen molar-refractivity contribution >= 4 is 23.4 Å². The number of benzene rings is 2. The zero-order valence-corrected chi connectivity index (χ0v) is 18.5. The molecular formula is C23H26N4O3S. The second kappa shape index (κ2) is 11.2. The van der Waals surface area contributed by atoms with E-state index in [9.17, 15) is 4.79 Å². The lowest BCUT2D eigenvalue weighted by Crippen LogP contribution is -2.15. The molecule has 0 aliphatic carbocycles. The molecule has 8 heteroatoms.